The van der Waals surface area contributed by atoms with Gasteiger partial charge in [0.25, 0.3) is 5.69 Å². The fraction of sp³-hybridized carbons (Fsp3) is 0.538. The van der Waals surface area contributed by atoms with Crippen molar-refractivity contribution in [3.63, 3.8) is 0 Å². The first-order valence-electron chi connectivity index (χ1n) is 6.40. The second-order valence-electron chi connectivity index (χ2n) is 5.00. The van der Waals surface area contributed by atoms with Crippen molar-refractivity contribution >= 4 is 17.3 Å². The molecule has 2 unspecified atom stereocenters. The molecule has 0 aromatic heterocycles. The lowest BCUT2D eigenvalue weighted by Crippen LogP contribution is -2.45. The number of nitro groups is 1. The van der Waals surface area contributed by atoms with E-state index in [1.165, 1.54) is 12.1 Å². The number of halogens is 1. The largest absolute Gasteiger partial charge is 0.386 e. The standard InChI is InChI=1S/C13H17ClN2O4/c1-9-13(17,4-5-20-9)8-15-7-10-2-3-11(16(18)19)6-12(10)14/h2-3,6,9,15,17H,4-5,7-8H2,1H3. The fourth-order valence-electron chi connectivity index (χ4n) is 2.21. The lowest BCUT2D eigenvalue weighted by molar-refractivity contribution is -0.384. The van der Waals surface area contributed by atoms with Gasteiger partial charge in [-0.1, -0.05) is 11.6 Å². The van der Waals surface area contributed by atoms with Crippen molar-refractivity contribution in [2.45, 2.75) is 31.6 Å². The van der Waals surface area contributed by atoms with Crippen molar-refractivity contribution in [1.82, 2.24) is 5.32 Å². The van der Waals surface area contributed by atoms with E-state index < -0.39 is 10.5 Å². The number of non-ortho nitro benzene ring substituents is 1. The Morgan fingerprint density at radius 1 is 1.65 bits per heavy atom. The van der Waals surface area contributed by atoms with E-state index in [9.17, 15) is 15.2 Å². The van der Waals surface area contributed by atoms with Crippen LogP contribution in [-0.4, -0.2) is 34.9 Å². The molecule has 6 nitrogen and oxygen atoms in total. The molecule has 1 fully saturated rings. The van der Waals surface area contributed by atoms with Crippen LogP contribution in [0.25, 0.3) is 0 Å². The highest BCUT2D eigenvalue weighted by Crippen LogP contribution is 2.26. The zero-order valence-electron chi connectivity index (χ0n) is 11.1. The summed E-state index contributed by atoms with van der Waals surface area (Å²) >= 11 is 6.00. The SMILES string of the molecule is CC1OCCC1(O)CNCc1ccc([N+](=O)[O-])cc1Cl. The minimum Gasteiger partial charge on any atom is -0.386 e. The Morgan fingerprint density at radius 3 is 2.95 bits per heavy atom. The Morgan fingerprint density at radius 2 is 2.40 bits per heavy atom. The van der Waals surface area contributed by atoms with Crippen LogP contribution in [0.5, 0.6) is 0 Å². The molecule has 1 heterocycles. The minimum absolute atomic E-state index is 0.0322. The third-order valence-electron chi connectivity index (χ3n) is 3.65. The molecule has 0 bridgehead atoms. The number of ether oxygens (including phenoxy) is 1. The Labute approximate surface area is 121 Å². The number of benzene rings is 1. The molecule has 1 aliphatic rings. The summed E-state index contributed by atoms with van der Waals surface area (Å²) in [5, 5.41) is 24.4. The van der Waals surface area contributed by atoms with Gasteiger partial charge >= 0.3 is 0 Å². The predicted molar refractivity (Wildman–Crippen MR) is 74.8 cm³/mol. The van der Waals surface area contributed by atoms with Crippen molar-refractivity contribution in [2.75, 3.05) is 13.2 Å². The Kier molecular flexibility index (Phi) is 4.59. The summed E-state index contributed by atoms with van der Waals surface area (Å²) in [5.41, 5.74) is -0.143. The Balaban J connectivity index is 1.93. The second-order valence-corrected chi connectivity index (χ2v) is 5.41. The second kappa shape index (κ2) is 6.05. The third-order valence-corrected chi connectivity index (χ3v) is 4.01. The summed E-state index contributed by atoms with van der Waals surface area (Å²) in [6, 6.07) is 4.36. The van der Waals surface area contributed by atoms with Gasteiger partial charge in [-0.15, -0.1) is 0 Å². The van der Waals surface area contributed by atoms with E-state index in [0.717, 1.165) is 5.56 Å². The van der Waals surface area contributed by atoms with Gasteiger partial charge in [0.2, 0.25) is 0 Å². The van der Waals surface area contributed by atoms with Crippen molar-refractivity contribution in [3.05, 3.63) is 38.9 Å². The minimum atomic E-state index is -0.868. The first-order chi connectivity index (χ1) is 9.42. The smallest absolute Gasteiger partial charge is 0.270 e. The molecule has 7 heteroatoms. The number of nitrogens with one attached hydrogen (secondary N) is 1. The van der Waals surface area contributed by atoms with Crippen molar-refractivity contribution in [3.8, 4) is 0 Å². The van der Waals surface area contributed by atoms with Gasteiger partial charge in [0.1, 0.15) is 5.60 Å². The third kappa shape index (κ3) is 3.27. The summed E-state index contributed by atoms with van der Waals surface area (Å²) in [5.74, 6) is 0. The van der Waals surface area contributed by atoms with E-state index in [-0.39, 0.29) is 11.8 Å². The van der Waals surface area contributed by atoms with Gasteiger partial charge in [0.05, 0.1) is 16.0 Å². The topological polar surface area (TPSA) is 84.6 Å². The van der Waals surface area contributed by atoms with E-state index in [1.807, 2.05) is 6.92 Å². The maximum Gasteiger partial charge on any atom is 0.270 e. The van der Waals surface area contributed by atoms with Crippen LogP contribution in [0, 0.1) is 10.1 Å². The van der Waals surface area contributed by atoms with E-state index in [4.69, 9.17) is 16.3 Å². The summed E-state index contributed by atoms with van der Waals surface area (Å²) in [4.78, 5) is 10.1. The molecule has 2 rings (SSSR count). The highest BCUT2D eigenvalue weighted by molar-refractivity contribution is 6.31. The van der Waals surface area contributed by atoms with Crippen LogP contribution in [0.3, 0.4) is 0 Å². The highest BCUT2D eigenvalue weighted by Gasteiger charge is 2.38. The first kappa shape index (κ1) is 15.2. The molecule has 110 valence electrons. The molecule has 0 amide bonds. The average Bonchev–Trinajstić information content (AvgIpc) is 2.71. The van der Waals surface area contributed by atoms with Gasteiger partial charge in [-0.3, -0.25) is 10.1 Å². The molecule has 20 heavy (non-hydrogen) atoms. The van der Waals surface area contributed by atoms with Gasteiger partial charge in [0, 0.05) is 38.2 Å². The molecular weight excluding hydrogens is 284 g/mol. The van der Waals surface area contributed by atoms with E-state index in [1.54, 1.807) is 6.07 Å². The van der Waals surface area contributed by atoms with Crippen molar-refractivity contribution in [2.24, 2.45) is 0 Å². The lowest BCUT2D eigenvalue weighted by Gasteiger charge is -2.26. The van der Waals surface area contributed by atoms with Gasteiger partial charge in [-0.2, -0.15) is 0 Å². The number of aliphatic hydroxyl groups is 1. The normalized spacial score (nSPS) is 25.9. The van der Waals surface area contributed by atoms with Crippen LogP contribution in [0.2, 0.25) is 5.02 Å². The van der Waals surface area contributed by atoms with E-state index in [2.05, 4.69) is 5.32 Å². The van der Waals surface area contributed by atoms with E-state index in [0.29, 0.717) is 31.1 Å². The molecule has 2 atom stereocenters. The summed E-state index contributed by atoms with van der Waals surface area (Å²) in [6.45, 7) is 3.22. The van der Waals surface area contributed by atoms with Crippen molar-refractivity contribution < 1.29 is 14.8 Å². The Hall–Kier alpha value is -1.21. The first-order valence-corrected chi connectivity index (χ1v) is 6.78. The van der Waals surface area contributed by atoms with Gasteiger partial charge < -0.3 is 15.2 Å². The average molecular weight is 301 g/mol. The van der Waals surface area contributed by atoms with Gasteiger partial charge in [-0.05, 0) is 18.6 Å². The maximum absolute atomic E-state index is 10.6. The van der Waals surface area contributed by atoms with Crippen LogP contribution in [0.15, 0.2) is 18.2 Å². The molecule has 0 saturated carbocycles. The quantitative estimate of drug-likeness (QED) is 0.640. The molecule has 1 aromatic carbocycles. The van der Waals surface area contributed by atoms with Gasteiger partial charge in [0.15, 0.2) is 0 Å². The molecule has 0 radical (unpaired) electrons. The number of rotatable bonds is 5. The van der Waals surface area contributed by atoms with Crippen molar-refractivity contribution in [1.29, 1.82) is 0 Å². The van der Waals surface area contributed by atoms with Gasteiger partial charge in [-0.25, -0.2) is 0 Å². The molecule has 1 aromatic rings. The fourth-order valence-corrected chi connectivity index (χ4v) is 2.45. The zero-order valence-corrected chi connectivity index (χ0v) is 11.9. The monoisotopic (exact) mass is 300 g/mol. The maximum atomic E-state index is 10.6. The van der Waals surface area contributed by atoms with Crippen LogP contribution >= 0.6 is 11.6 Å². The number of hydrogen-bond acceptors (Lipinski definition) is 5. The lowest BCUT2D eigenvalue weighted by atomic mass is 9.96. The molecule has 1 saturated heterocycles. The summed E-state index contributed by atoms with van der Waals surface area (Å²) in [7, 11) is 0. The predicted octanol–water partition coefficient (Wildman–Crippen LogP) is 1.88. The summed E-state index contributed by atoms with van der Waals surface area (Å²) < 4.78 is 5.35. The molecule has 0 aliphatic carbocycles. The zero-order chi connectivity index (χ0) is 14.8. The molecule has 1 aliphatic heterocycles. The van der Waals surface area contributed by atoms with Crippen LogP contribution < -0.4 is 5.32 Å². The number of nitrogens with zero attached hydrogens (tertiary/aromatic N) is 1. The molecule has 0 spiro atoms. The van der Waals surface area contributed by atoms with Crippen LogP contribution in [-0.2, 0) is 11.3 Å². The summed E-state index contributed by atoms with van der Waals surface area (Å²) in [6.07, 6.45) is 0.386. The highest BCUT2D eigenvalue weighted by atomic mass is 35.5. The number of hydrogen-bond donors (Lipinski definition) is 2. The number of nitro benzene ring substituents is 1. The van der Waals surface area contributed by atoms with E-state index >= 15 is 0 Å². The molecular formula is C13H17ClN2O4. The van der Waals surface area contributed by atoms with Crippen LogP contribution in [0.1, 0.15) is 18.9 Å². The van der Waals surface area contributed by atoms with Crippen LogP contribution in [0.4, 0.5) is 5.69 Å². The molecule has 2 N–H and O–H groups in total. The Bertz CT molecular complexity index is 511.